The second-order valence-electron chi connectivity index (χ2n) is 8.85. The van der Waals surface area contributed by atoms with Crippen LogP contribution >= 0.6 is 11.8 Å². The number of aliphatic imine (C=N–C) groups is 1. The summed E-state index contributed by atoms with van der Waals surface area (Å²) in [6.07, 6.45) is 1.90. The molecule has 0 spiro atoms. The van der Waals surface area contributed by atoms with Gasteiger partial charge in [-0.15, -0.1) is 0 Å². The lowest BCUT2D eigenvalue weighted by molar-refractivity contribution is -0.139. The highest BCUT2D eigenvalue weighted by Gasteiger charge is 2.37. The molecule has 2 aromatic carbocycles. The molecule has 1 amide bonds. The van der Waals surface area contributed by atoms with Gasteiger partial charge in [-0.2, -0.15) is 0 Å². The molecule has 0 bridgehead atoms. The predicted molar refractivity (Wildman–Crippen MR) is 146 cm³/mol. The number of hydrogen-bond donors (Lipinski definition) is 1. The number of allylic oxidation sites excluding steroid dienone is 1. The van der Waals surface area contributed by atoms with Crippen LogP contribution in [-0.2, 0) is 14.3 Å². The highest BCUT2D eigenvalue weighted by Crippen LogP contribution is 2.43. The van der Waals surface area contributed by atoms with Gasteiger partial charge in [-0.25, -0.2) is 9.79 Å². The standard InChI is InChI=1S/C28H31N3O5S/c1-7-35-27(33)24-19(5)29-28-31(10-11-37-28)26(24)20-8-9-21(22(14-20)34-6)36-15-23(32)30-25-17(3)12-16(2)13-18(25)4/h8-14,26H,7,15H2,1-6H3,(H,30,32)/t26-/m0/s1. The Labute approximate surface area is 221 Å². The van der Waals surface area contributed by atoms with Gasteiger partial charge >= 0.3 is 5.97 Å². The van der Waals surface area contributed by atoms with E-state index in [1.807, 2.05) is 68.5 Å². The van der Waals surface area contributed by atoms with E-state index in [-0.39, 0.29) is 19.1 Å². The Bertz CT molecular complexity index is 1310. The van der Waals surface area contributed by atoms with Crippen molar-refractivity contribution in [3.63, 3.8) is 0 Å². The van der Waals surface area contributed by atoms with Crippen LogP contribution in [0.2, 0.25) is 0 Å². The van der Waals surface area contributed by atoms with E-state index in [4.69, 9.17) is 14.2 Å². The third kappa shape index (κ3) is 5.51. The van der Waals surface area contributed by atoms with Gasteiger partial charge in [-0.1, -0.05) is 35.5 Å². The molecule has 8 nitrogen and oxygen atoms in total. The van der Waals surface area contributed by atoms with Gasteiger partial charge in [0.15, 0.2) is 23.3 Å². The molecule has 2 aliphatic heterocycles. The van der Waals surface area contributed by atoms with Crippen LogP contribution in [0.3, 0.4) is 0 Å². The van der Waals surface area contributed by atoms with Crippen molar-refractivity contribution >= 4 is 34.5 Å². The molecule has 0 unspecified atom stereocenters. The summed E-state index contributed by atoms with van der Waals surface area (Å²) in [6, 6.07) is 9.05. The average Bonchev–Trinajstić information content (AvgIpc) is 3.32. The van der Waals surface area contributed by atoms with Gasteiger partial charge in [0.1, 0.15) is 0 Å². The average molecular weight is 522 g/mol. The number of esters is 1. The minimum Gasteiger partial charge on any atom is -0.493 e. The van der Waals surface area contributed by atoms with E-state index in [1.54, 1.807) is 13.0 Å². The minimum atomic E-state index is -0.434. The first-order valence-electron chi connectivity index (χ1n) is 12.0. The molecule has 0 saturated heterocycles. The molecule has 1 N–H and O–H groups in total. The summed E-state index contributed by atoms with van der Waals surface area (Å²) in [7, 11) is 1.54. The molecule has 194 valence electrons. The number of nitrogens with one attached hydrogen (secondary N) is 1. The van der Waals surface area contributed by atoms with E-state index >= 15 is 0 Å². The van der Waals surface area contributed by atoms with Gasteiger partial charge in [0, 0.05) is 11.9 Å². The monoisotopic (exact) mass is 521 g/mol. The molecule has 1 atom stereocenters. The minimum absolute atomic E-state index is 0.179. The van der Waals surface area contributed by atoms with Crippen molar-refractivity contribution in [2.24, 2.45) is 4.99 Å². The second-order valence-corrected chi connectivity index (χ2v) is 9.72. The van der Waals surface area contributed by atoms with Crippen LogP contribution in [-0.4, -0.2) is 42.3 Å². The number of thioether (sulfide) groups is 1. The number of fused-ring (bicyclic) bond motifs is 1. The van der Waals surface area contributed by atoms with Gasteiger partial charge in [0.05, 0.1) is 31.0 Å². The molecule has 0 aliphatic carbocycles. The van der Waals surface area contributed by atoms with E-state index in [1.165, 1.54) is 18.9 Å². The van der Waals surface area contributed by atoms with Crippen LogP contribution in [0.5, 0.6) is 11.5 Å². The van der Waals surface area contributed by atoms with E-state index in [9.17, 15) is 9.59 Å². The van der Waals surface area contributed by atoms with Gasteiger partial charge < -0.3 is 24.4 Å². The Morgan fingerprint density at radius 1 is 1.08 bits per heavy atom. The molecule has 37 heavy (non-hydrogen) atoms. The first-order chi connectivity index (χ1) is 17.7. The lowest BCUT2D eigenvalue weighted by Crippen LogP contribution is -2.34. The number of amides is 1. The van der Waals surface area contributed by atoms with E-state index < -0.39 is 12.0 Å². The Kier molecular flexibility index (Phi) is 7.92. The summed E-state index contributed by atoms with van der Waals surface area (Å²) in [5, 5.41) is 5.66. The molecule has 2 aliphatic rings. The van der Waals surface area contributed by atoms with Crippen molar-refractivity contribution in [1.82, 2.24) is 4.90 Å². The van der Waals surface area contributed by atoms with Crippen molar-refractivity contribution < 1.29 is 23.8 Å². The van der Waals surface area contributed by atoms with Crippen LogP contribution in [0.4, 0.5) is 5.69 Å². The molecule has 2 heterocycles. The maximum Gasteiger partial charge on any atom is 0.338 e. The second kappa shape index (κ2) is 11.1. The number of methoxy groups -OCH3 is 1. The maximum atomic E-state index is 12.9. The van der Waals surface area contributed by atoms with Gasteiger partial charge in [0.25, 0.3) is 5.91 Å². The highest BCUT2D eigenvalue weighted by molar-refractivity contribution is 8.16. The number of carbonyl (C=O) groups is 2. The lowest BCUT2D eigenvalue weighted by Gasteiger charge is -2.33. The summed E-state index contributed by atoms with van der Waals surface area (Å²) in [5.74, 6) is 0.203. The van der Waals surface area contributed by atoms with Gasteiger partial charge in [0.2, 0.25) is 0 Å². The fourth-order valence-corrected chi connectivity index (χ4v) is 5.36. The number of rotatable bonds is 8. The summed E-state index contributed by atoms with van der Waals surface area (Å²) < 4.78 is 16.8. The van der Waals surface area contributed by atoms with Crippen molar-refractivity contribution in [3.05, 3.63) is 75.5 Å². The normalized spacial score (nSPS) is 16.3. The number of amidine groups is 1. The van der Waals surface area contributed by atoms with Gasteiger partial charge in [-0.05, 0) is 68.8 Å². The zero-order chi connectivity index (χ0) is 26.7. The molecule has 0 aromatic heterocycles. The molecule has 9 heteroatoms. The first kappa shape index (κ1) is 26.3. The van der Waals surface area contributed by atoms with Crippen molar-refractivity contribution in [1.29, 1.82) is 0 Å². The summed E-state index contributed by atoms with van der Waals surface area (Å²) in [6.45, 7) is 9.64. The molecule has 0 saturated carbocycles. The lowest BCUT2D eigenvalue weighted by atomic mass is 9.94. The fourth-order valence-electron chi connectivity index (χ4n) is 4.57. The zero-order valence-electron chi connectivity index (χ0n) is 21.9. The fraction of sp³-hybridized carbons (Fsp3) is 0.321. The number of anilines is 1. The smallest absolute Gasteiger partial charge is 0.338 e. The van der Waals surface area contributed by atoms with E-state index in [2.05, 4.69) is 10.3 Å². The molecule has 4 rings (SSSR count). The molecular formula is C28H31N3O5S. The number of aryl methyl sites for hydroxylation is 3. The van der Waals surface area contributed by atoms with E-state index in [0.29, 0.717) is 22.8 Å². The quantitative estimate of drug-likeness (QED) is 0.465. The number of hydrogen-bond acceptors (Lipinski definition) is 8. The van der Waals surface area contributed by atoms with Crippen molar-refractivity contribution in [2.45, 2.75) is 40.7 Å². The third-order valence-corrected chi connectivity index (χ3v) is 6.89. The maximum absolute atomic E-state index is 12.9. The number of ether oxygens (including phenoxy) is 3. The molecule has 2 aromatic rings. The Morgan fingerprint density at radius 2 is 1.81 bits per heavy atom. The SMILES string of the molecule is CCOC(=O)C1=C(C)N=C2SC=CN2[C@H]1c1ccc(OCC(=O)Nc2c(C)cc(C)cc2C)c(OC)c1. The topological polar surface area (TPSA) is 89.5 Å². The first-order valence-corrected chi connectivity index (χ1v) is 12.9. The van der Waals surface area contributed by atoms with Crippen LogP contribution in [0.25, 0.3) is 0 Å². The van der Waals surface area contributed by atoms with Crippen molar-refractivity contribution in [2.75, 3.05) is 25.6 Å². The van der Waals surface area contributed by atoms with Crippen LogP contribution in [0, 0.1) is 20.8 Å². The highest BCUT2D eigenvalue weighted by atomic mass is 32.2. The number of nitrogens with zero attached hydrogens (tertiary/aromatic N) is 2. The Balaban J connectivity index is 1.56. The Hall–Kier alpha value is -3.72. The van der Waals surface area contributed by atoms with Crippen LogP contribution in [0.1, 0.15) is 42.1 Å². The summed E-state index contributed by atoms with van der Waals surface area (Å²) in [4.78, 5) is 32.1. The number of carbonyl (C=O) groups excluding carboxylic acids is 2. The molecule has 0 fully saturated rings. The van der Waals surface area contributed by atoms with Crippen LogP contribution < -0.4 is 14.8 Å². The predicted octanol–water partition coefficient (Wildman–Crippen LogP) is 5.41. The molecular weight excluding hydrogens is 490 g/mol. The third-order valence-electron chi connectivity index (χ3n) is 6.12. The summed E-state index contributed by atoms with van der Waals surface area (Å²) >= 11 is 1.49. The molecule has 0 radical (unpaired) electrons. The largest absolute Gasteiger partial charge is 0.493 e. The Morgan fingerprint density at radius 3 is 2.49 bits per heavy atom. The van der Waals surface area contributed by atoms with Gasteiger partial charge in [-0.3, -0.25) is 4.79 Å². The number of benzene rings is 2. The van der Waals surface area contributed by atoms with Crippen LogP contribution in [0.15, 0.2) is 58.2 Å². The zero-order valence-corrected chi connectivity index (χ0v) is 22.7. The van der Waals surface area contributed by atoms with Crippen molar-refractivity contribution in [3.8, 4) is 11.5 Å². The van der Waals surface area contributed by atoms with E-state index in [0.717, 1.165) is 33.1 Å². The summed E-state index contributed by atoms with van der Waals surface area (Å²) in [5.41, 5.74) is 5.82.